The summed E-state index contributed by atoms with van der Waals surface area (Å²) in [6.45, 7) is 3.26. The van der Waals surface area contributed by atoms with Crippen molar-refractivity contribution in [3.05, 3.63) is 137 Å². The maximum atomic E-state index is 13.2. The Morgan fingerprint density at radius 1 is 0.833 bits per heavy atom. The fourth-order valence-electron chi connectivity index (χ4n) is 7.13. The van der Waals surface area contributed by atoms with Gasteiger partial charge in [0.25, 0.3) is 5.91 Å². The van der Waals surface area contributed by atoms with Crippen molar-refractivity contribution in [3.8, 4) is 0 Å². The number of carbonyl (C=O) groups is 2. The summed E-state index contributed by atoms with van der Waals surface area (Å²) in [5.74, 6) is 0.00402. The number of hydrogen-bond acceptors (Lipinski definition) is 7. The molecule has 3 aliphatic rings. The highest BCUT2D eigenvalue weighted by Gasteiger charge is 2.50. The van der Waals surface area contributed by atoms with Gasteiger partial charge in [0.2, 0.25) is 5.91 Å². The zero-order valence-corrected chi connectivity index (χ0v) is 27.0. The summed E-state index contributed by atoms with van der Waals surface area (Å²) >= 11 is 0. The molecule has 3 atom stereocenters. The van der Waals surface area contributed by atoms with Gasteiger partial charge in [-0.3, -0.25) is 9.59 Å². The van der Waals surface area contributed by atoms with Gasteiger partial charge in [0, 0.05) is 49.4 Å². The molecule has 3 aliphatic heterocycles. The van der Waals surface area contributed by atoms with Crippen LogP contribution in [0.1, 0.15) is 64.3 Å². The van der Waals surface area contributed by atoms with Gasteiger partial charge in [-0.15, -0.1) is 0 Å². The third-order valence-corrected chi connectivity index (χ3v) is 9.91. The Balaban J connectivity index is 1.03. The third-order valence-electron chi connectivity index (χ3n) is 9.91. The van der Waals surface area contributed by atoms with Gasteiger partial charge in [-0.2, -0.15) is 0 Å². The zero-order chi connectivity index (χ0) is 32.9. The van der Waals surface area contributed by atoms with Crippen LogP contribution in [0.15, 0.2) is 109 Å². The minimum atomic E-state index is -0.565. The average molecular weight is 647 g/mol. The molecule has 1 spiro atoms. The molecule has 4 aromatic rings. The van der Waals surface area contributed by atoms with E-state index in [1.54, 1.807) is 12.1 Å². The second kappa shape index (κ2) is 14.3. The number of amides is 2. The first-order valence-corrected chi connectivity index (χ1v) is 16.8. The lowest BCUT2D eigenvalue weighted by atomic mass is 9.85. The van der Waals surface area contributed by atoms with Crippen LogP contribution in [0, 0.1) is 0 Å². The van der Waals surface area contributed by atoms with Crippen LogP contribution in [0.25, 0.3) is 0 Å². The molecule has 0 aliphatic carbocycles. The highest BCUT2D eigenvalue weighted by molar-refractivity contribution is 5.94. The van der Waals surface area contributed by atoms with Crippen LogP contribution in [0.3, 0.4) is 0 Å². The van der Waals surface area contributed by atoms with Gasteiger partial charge < -0.3 is 35.0 Å². The number of hydrogen-bond donors (Lipinski definition) is 3. The number of aliphatic hydroxyl groups excluding tert-OH is 1. The van der Waals surface area contributed by atoms with E-state index in [9.17, 15) is 14.7 Å². The van der Waals surface area contributed by atoms with E-state index in [-0.39, 0.29) is 30.6 Å². The van der Waals surface area contributed by atoms with Crippen LogP contribution >= 0.6 is 0 Å². The Kier molecular flexibility index (Phi) is 9.54. The van der Waals surface area contributed by atoms with Crippen LogP contribution in [0.2, 0.25) is 0 Å². The highest BCUT2D eigenvalue weighted by Crippen LogP contribution is 2.40. The molecular formula is C39H42N4O5. The molecule has 248 valence electrons. The number of piperidine rings is 1. The first-order valence-electron chi connectivity index (χ1n) is 16.8. The summed E-state index contributed by atoms with van der Waals surface area (Å²) < 4.78 is 13.2. The van der Waals surface area contributed by atoms with Crippen molar-refractivity contribution in [1.29, 1.82) is 0 Å². The molecule has 3 heterocycles. The topological polar surface area (TPSA) is 103 Å². The van der Waals surface area contributed by atoms with E-state index in [0.717, 1.165) is 60.4 Å². The number of para-hydroxylation sites is 1. The second-order valence-electron chi connectivity index (χ2n) is 12.9. The van der Waals surface area contributed by atoms with E-state index in [4.69, 9.17) is 9.47 Å². The molecule has 0 radical (unpaired) electrons. The number of nitrogens with one attached hydrogen (secondary N) is 2. The SMILES string of the molecule is O=C(NCc1ccc([C@H]2O[C@@H](CN3CCC4(CC3)C(=O)NCN4c3ccccc3)C[C@@H](c3ccc(CO)cc3)O2)cc1)c1ccccc1. The van der Waals surface area contributed by atoms with Crippen molar-refractivity contribution in [2.24, 2.45) is 0 Å². The molecule has 0 bridgehead atoms. The molecule has 0 aromatic heterocycles. The smallest absolute Gasteiger partial charge is 0.251 e. The lowest BCUT2D eigenvalue weighted by Crippen LogP contribution is -2.57. The predicted molar refractivity (Wildman–Crippen MR) is 183 cm³/mol. The van der Waals surface area contributed by atoms with E-state index < -0.39 is 11.8 Å². The summed E-state index contributed by atoms with van der Waals surface area (Å²) in [4.78, 5) is 30.4. The Morgan fingerprint density at radius 3 is 2.17 bits per heavy atom. The molecule has 48 heavy (non-hydrogen) atoms. The summed E-state index contributed by atoms with van der Waals surface area (Å²) in [5, 5.41) is 15.7. The first kappa shape index (κ1) is 32.0. The normalized spacial score (nSPS) is 22.4. The average Bonchev–Trinajstić information content (AvgIpc) is 3.46. The summed E-state index contributed by atoms with van der Waals surface area (Å²) in [6, 6.07) is 35.3. The molecule has 0 unspecified atom stereocenters. The van der Waals surface area contributed by atoms with Gasteiger partial charge in [0.1, 0.15) is 5.54 Å². The van der Waals surface area contributed by atoms with Crippen molar-refractivity contribution in [3.63, 3.8) is 0 Å². The molecule has 9 nitrogen and oxygen atoms in total. The van der Waals surface area contributed by atoms with Crippen molar-refractivity contribution in [2.45, 2.75) is 56.5 Å². The Labute approximate surface area is 281 Å². The maximum absolute atomic E-state index is 13.2. The molecule has 0 saturated carbocycles. The minimum absolute atomic E-state index is 0.00546. The van der Waals surface area contributed by atoms with Gasteiger partial charge in [-0.05, 0) is 53.8 Å². The van der Waals surface area contributed by atoms with E-state index in [1.807, 2.05) is 84.9 Å². The lowest BCUT2D eigenvalue weighted by molar-refractivity contribution is -0.253. The van der Waals surface area contributed by atoms with E-state index in [1.165, 1.54) is 0 Å². The van der Waals surface area contributed by atoms with Crippen molar-refractivity contribution in [2.75, 3.05) is 31.2 Å². The van der Waals surface area contributed by atoms with E-state index >= 15 is 0 Å². The zero-order valence-electron chi connectivity index (χ0n) is 27.0. The van der Waals surface area contributed by atoms with Gasteiger partial charge in [0.15, 0.2) is 6.29 Å². The third kappa shape index (κ3) is 6.86. The number of anilines is 1. The number of aliphatic hydroxyl groups is 1. The number of rotatable bonds is 9. The number of benzene rings is 4. The molecule has 2 amide bonds. The highest BCUT2D eigenvalue weighted by atomic mass is 16.7. The van der Waals surface area contributed by atoms with Gasteiger partial charge in [-0.1, -0.05) is 84.9 Å². The number of carbonyl (C=O) groups excluding carboxylic acids is 2. The molecule has 7 rings (SSSR count). The van der Waals surface area contributed by atoms with Gasteiger partial charge in [0.05, 0.1) is 25.5 Å². The Bertz CT molecular complexity index is 1680. The summed E-state index contributed by atoms with van der Waals surface area (Å²) in [5.41, 5.74) is 4.96. The molecule has 4 aromatic carbocycles. The minimum Gasteiger partial charge on any atom is -0.392 e. The predicted octanol–water partition coefficient (Wildman–Crippen LogP) is 5.08. The van der Waals surface area contributed by atoms with Crippen LogP contribution in [0.4, 0.5) is 5.69 Å². The number of likely N-dealkylation sites (tertiary alicyclic amines) is 1. The molecule has 9 heteroatoms. The van der Waals surface area contributed by atoms with Crippen LogP contribution in [0.5, 0.6) is 0 Å². The lowest BCUT2D eigenvalue weighted by Gasteiger charge is -2.45. The summed E-state index contributed by atoms with van der Waals surface area (Å²) in [7, 11) is 0. The van der Waals surface area contributed by atoms with Crippen LogP contribution < -0.4 is 15.5 Å². The molecular weight excluding hydrogens is 604 g/mol. The van der Waals surface area contributed by atoms with Crippen LogP contribution in [-0.2, 0) is 27.4 Å². The number of nitrogens with zero attached hydrogens (tertiary/aromatic N) is 2. The molecule has 3 fully saturated rings. The van der Waals surface area contributed by atoms with E-state index in [2.05, 4.69) is 32.6 Å². The standard InChI is InChI=1S/C39H42N4O5/c44-26-29-13-15-30(16-14-29)35-23-34(25-42-21-19-39(20-22-42)38(46)41-27-43(39)33-9-5-2-6-10-33)47-37(48-35)32-17-11-28(12-18-32)24-40-36(45)31-7-3-1-4-8-31/h1-18,34-35,37,44H,19-27H2,(H,40,45)(H,41,46)/t34-,35+,37+/m1/s1. The maximum Gasteiger partial charge on any atom is 0.251 e. The first-order chi connectivity index (χ1) is 23.5. The monoisotopic (exact) mass is 646 g/mol. The summed E-state index contributed by atoms with van der Waals surface area (Å²) in [6.07, 6.45) is 1.34. The number of ether oxygens (including phenoxy) is 2. The van der Waals surface area contributed by atoms with Gasteiger partial charge >= 0.3 is 0 Å². The molecule has 3 N–H and O–H groups in total. The second-order valence-corrected chi connectivity index (χ2v) is 12.9. The fourth-order valence-corrected chi connectivity index (χ4v) is 7.13. The van der Waals surface area contributed by atoms with Crippen molar-refractivity contribution >= 4 is 17.5 Å². The van der Waals surface area contributed by atoms with E-state index in [0.29, 0.717) is 25.2 Å². The molecule has 3 saturated heterocycles. The Hall–Kier alpha value is -4.54. The quantitative estimate of drug-likeness (QED) is 0.233. The Morgan fingerprint density at radius 2 is 1.48 bits per heavy atom. The van der Waals surface area contributed by atoms with Gasteiger partial charge in [-0.25, -0.2) is 0 Å². The van der Waals surface area contributed by atoms with Crippen molar-refractivity contribution < 1.29 is 24.2 Å². The van der Waals surface area contributed by atoms with Crippen molar-refractivity contribution in [1.82, 2.24) is 15.5 Å². The fraction of sp³-hybridized carbons (Fsp3) is 0.333. The largest absolute Gasteiger partial charge is 0.392 e. The van der Waals surface area contributed by atoms with Crippen LogP contribution in [-0.4, -0.2) is 59.8 Å².